The van der Waals surface area contributed by atoms with Crippen LogP contribution in [0.15, 0.2) is 0 Å². The lowest BCUT2D eigenvalue weighted by atomic mass is 9.84. The summed E-state index contributed by atoms with van der Waals surface area (Å²) >= 11 is 0. The molecule has 0 bridgehead atoms. The first-order valence-electron chi connectivity index (χ1n) is 6.24. The van der Waals surface area contributed by atoms with E-state index in [-0.39, 0.29) is 18.1 Å². The maximum atomic E-state index is 9.52. The maximum Gasteiger partial charge on any atom is 0.0579 e. The molecule has 2 aliphatic rings. The molecule has 0 aliphatic carbocycles. The van der Waals surface area contributed by atoms with E-state index in [1.54, 1.807) is 0 Å². The van der Waals surface area contributed by atoms with Crippen molar-refractivity contribution in [2.45, 2.75) is 25.9 Å². The molecule has 4 nitrogen and oxygen atoms in total. The minimum Gasteiger partial charge on any atom is -0.396 e. The average molecular weight is 229 g/mol. The largest absolute Gasteiger partial charge is 0.396 e. The number of aliphatic hydroxyl groups excluding tert-OH is 2. The molecule has 2 N–H and O–H groups in total. The van der Waals surface area contributed by atoms with Crippen LogP contribution < -0.4 is 0 Å². The van der Waals surface area contributed by atoms with Crippen LogP contribution in [0.25, 0.3) is 0 Å². The monoisotopic (exact) mass is 229 g/mol. The molecule has 16 heavy (non-hydrogen) atoms. The van der Waals surface area contributed by atoms with Gasteiger partial charge in [0.15, 0.2) is 0 Å². The van der Waals surface area contributed by atoms with Gasteiger partial charge in [0, 0.05) is 6.54 Å². The highest BCUT2D eigenvalue weighted by Crippen LogP contribution is 2.30. The van der Waals surface area contributed by atoms with Gasteiger partial charge >= 0.3 is 0 Å². The predicted octanol–water partition coefficient (Wildman–Crippen LogP) is 0.0881. The highest BCUT2D eigenvalue weighted by Gasteiger charge is 2.40. The highest BCUT2D eigenvalue weighted by atomic mass is 16.5. The number of aliphatic hydroxyl groups is 2. The Balaban J connectivity index is 1.76. The van der Waals surface area contributed by atoms with E-state index in [1.807, 2.05) is 6.92 Å². The van der Waals surface area contributed by atoms with Gasteiger partial charge in [-0.05, 0) is 38.8 Å². The second-order valence-corrected chi connectivity index (χ2v) is 5.51. The number of hydrogen-bond acceptors (Lipinski definition) is 4. The summed E-state index contributed by atoms with van der Waals surface area (Å²) in [5.41, 5.74) is -0.00231. The van der Waals surface area contributed by atoms with Crippen molar-refractivity contribution in [3.8, 4) is 0 Å². The molecular weight excluding hydrogens is 206 g/mol. The van der Waals surface area contributed by atoms with Crippen LogP contribution in [-0.2, 0) is 4.74 Å². The van der Waals surface area contributed by atoms with Gasteiger partial charge in [0.2, 0.25) is 0 Å². The molecule has 2 heterocycles. The van der Waals surface area contributed by atoms with Gasteiger partial charge in [-0.2, -0.15) is 0 Å². The number of likely N-dealkylation sites (tertiary alicyclic amines) is 1. The number of nitrogens with zero attached hydrogens (tertiary/aromatic N) is 1. The smallest absolute Gasteiger partial charge is 0.0579 e. The number of ether oxygens (including phenoxy) is 1. The third-order valence-corrected chi connectivity index (χ3v) is 4.03. The molecule has 0 aromatic heterocycles. The molecule has 1 atom stereocenters. The molecule has 0 radical (unpaired) electrons. The molecule has 2 rings (SSSR count). The van der Waals surface area contributed by atoms with Crippen LogP contribution in [0.3, 0.4) is 0 Å². The van der Waals surface area contributed by atoms with Crippen LogP contribution in [-0.4, -0.2) is 60.7 Å². The lowest BCUT2D eigenvalue weighted by Gasteiger charge is -2.45. The van der Waals surface area contributed by atoms with Crippen molar-refractivity contribution in [1.82, 2.24) is 4.90 Å². The van der Waals surface area contributed by atoms with Crippen molar-refractivity contribution >= 4 is 0 Å². The van der Waals surface area contributed by atoms with E-state index in [0.717, 1.165) is 32.5 Å². The van der Waals surface area contributed by atoms with Gasteiger partial charge in [0.05, 0.1) is 31.3 Å². The van der Waals surface area contributed by atoms with Crippen molar-refractivity contribution in [1.29, 1.82) is 0 Å². The van der Waals surface area contributed by atoms with Crippen LogP contribution in [0, 0.1) is 11.3 Å². The van der Waals surface area contributed by atoms with E-state index >= 15 is 0 Å². The molecule has 1 unspecified atom stereocenters. The third-order valence-electron chi connectivity index (χ3n) is 4.03. The van der Waals surface area contributed by atoms with Gasteiger partial charge in [0.1, 0.15) is 0 Å². The zero-order chi connectivity index (χ0) is 11.6. The number of rotatable bonds is 4. The molecule has 0 amide bonds. The average Bonchev–Trinajstić information content (AvgIpc) is 2.24. The Morgan fingerprint density at radius 3 is 2.38 bits per heavy atom. The first-order chi connectivity index (χ1) is 7.65. The fraction of sp³-hybridized carbons (Fsp3) is 1.00. The summed E-state index contributed by atoms with van der Waals surface area (Å²) in [6.07, 6.45) is 1.96. The van der Waals surface area contributed by atoms with Crippen molar-refractivity contribution in [3.05, 3.63) is 0 Å². The number of hydrogen-bond donors (Lipinski definition) is 2. The normalized spacial score (nSPS) is 28.7. The fourth-order valence-corrected chi connectivity index (χ4v) is 2.69. The predicted molar refractivity (Wildman–Crippen MR) is 61.2 cm³/mol. The zero-order valence-corrected chi connectivity index (χ0v) is 10.1. The molecule has 2 fully saturated rings. The number of piperidine rings is 1. The Morgan fingerprint density at radius 2 is 2.00 bits per heavy atom. The van der Waals surface area contributed by atoms with Crippen LogP contribution >= 0.6 is 0 Å². The van der Waals surface area contributed by atoms with Crippen molar-refractivity contribution < 1.29 is 14.9 Å². The molecule has 0 aromatic rings. The quantitative estimate of drug-likeness (QED) is 0.717. The van der Waals surface area contributed by atoms with Crippen LogP contribution in [0.1, 0.15) is 19.8 Å². The summed E-state index contributed by atoms with van der Waals surface area (Å²) in [7, 11) is 0. The summed E-state index contributed by atoms with van der Waals surface area (Å²) in [5, 5.41) is 18.9. The van der Waals surface area contributed by atoms with Gasteiger partial charge in [-0.3, -0.25) is 0 Å². The Kier molecular flexibility index (Phi) is 3.85. The zero-order valence-electron chi connectivity index (χ0n) is 10.1. The first kappa shape index (κ1) is 12.3. The van der Waals surface area contributed by atoms with Crippen LogP contribution in [0.2, 0.25) is 0 Å². The van der Waals surface area contributed by atoms with E-state index in [2.05, 4.69) is 4.90 Å². The summed E-state index contributed by atoms with van der Waals surface area (Å²) in [4.78, 5) is 2.40. The Morgan fingerprint density at radius 1 is 1.38 bits per heavy atom. The molecule has 2 saturated heterocycles. The highest BCUT2D eigenvalue weighted by molar-refractivity contribution is 4.89. The minimum absolute atomic E-state index is 0.00231. The Labute approximate surface area is 97.2 Å². The second kappa shape index (κ2) is 5.00. The standard InChI is InChI=1S/C12H23NO3/c1-10(15)11-2-4-13(5-3-11)6-12(7-14)8-16-9-12/h10-11,14-15H,2-9H2,1H3. The van der Waals surface area contributed by atoms with E-state index in [9.17, 15) is 10.2 Å². The Hall–Kier alpha value is -0.160. The summed E-state index contributed by atoms with van der Waals surface area (Å²) in [6, 6.07) is 0. The van der Waals surface area contributed by atoms with Crippen molar-refractivity contribution in [2.24, 2.45) is 11.3 Å². The van der Waals surface area contributed by atoms with Gasteiger partial charge in [0.25, 0.3) is 0 Å². The lowest BCUT2D eigenvalue weighted by molar-refractivity contribution is -0.150. The molecule has 0 saturated carbocycles. The molecule has 2 aliphatic heterocycles. The molecule has 94 valence electrons. The van der Waals surface area contributed by atoms with Gasteiger partial charge in [-0.15, -0.1) is 0 Å². The SMILES string of the molecule is CC(O)C1CCN(CC2(CO)COC2)CC1. The molecular formula is C12H23NO3. The van der Waals surface area contributed by atoms with Crippen LogP contribution in [0.5, 0.6) is 0 Å². The third kappa shape index (κ3) is 2.56. The van der Waals surface area contributed by atoms with Gasteiger partial charge < -0.3 is 19.8 Å². The molecule has 0 aromatic carbocycles. The van der Waals surface area contributed by atoms with Gasteiger partial charge in [-0.25, -0.2) is 0 Å². The second-order valence-electron chi connectivity index (χ2n) is 5.51. The summed E-state index contributed by atoms with van der Waals surface area (Å²) in [6.45, 7) is 6.52. The lowest BCUT2D eigenvalue weighted by Crippen LogP contribution is -2.54. The van der Waals surface area contributed by atoms with E-state index < -0.39 is 0 Å². The van der Waals surface area contributed by atoms with E-state index in [0.29, 0.717) is 19.1 Å². The first-order valence-corrected chi connectivity index (χ1v) is 6.24. The summed E-state index contributed by atoms with van der Waals surface area (Å²) in [5.74, 6) is 0.457. The van der Waals surface area contributed by atoms with Gasteiger partial charge in [-0.1, -0.05) is 0 Å². The van der Waals surface area contributed by atoms with Crippen LogP contribution in [0.4, 0.5) is 0 Å². The van der Waals surface area contributed by atoms with E-state index in [1.165, 1.54) is 0 Å². The minimum atomic E-state index is -0.180. The van der Waals surface area contributed by atoms with E-state index in [4.69, 9.17) is 4.74 Å². The summed E-state index contributed by atoms with van der Waals surface area (Å²) < 4.78 is 5.20. The Bertz CT molecular complexity index is 215. The topological polar surface area (TPSA) is 52.9 Å². The maximum absolute atomic E-state index is 9.52. The van der Waals surface area contributed by atoms with Crippen molar-refractivity contribution in [2.75, 3.05) is 39.5 Å². The molecule has 0 spiro atoms. The van der Waals surface area contributed by atoms with Crippen molar-refractivity contribution in [3.63, 3.8) is 0 Å². The molecule has 4 heteroatoms. The fourth-order valence-electron chi connectivity index (χ4n) is 2.69.